The lowest BCUT2D eigenvalue weighted by Crippen LogP contribution is -2.03. The maximum atomic E-state index is 10.6. The Morgan fingerprint density at radius 3 is 2.50 bits per heavy atom. The summed E-state index contributed by atoms with van der Waals surface area (Å²) in [6.07, 6.45) is 0.753. The molecule has 0 aliphatic rings. The van der Waals surface area contributed by atoms with Crippen LogP contribution in [0, 0.1) is 0 Å². The van der Waals surface area contributed by atoms with E-state index in [0.717, 1.165) is 12.0 Å². The molecular formula is C13H13NO4. The molecule has 0 amide bonds. The predicted molar refractivity (Wildman–Crippen MR) is 66.0 cm³/mol. The molecule has 18 heavy (non-hydrogen) atoms. The van der Waals surface area contributed by atoms with Crippen molar-refractivity contribution in [3.05, 3.63) is 47.7 Å². The van der Waals surface area contributed by atoms with Crippen molar-refractivity contribution in [2.75, 3.05) is 11.9 Å². The summed E-state index contributed by atoms with van der Waals surface area (Å²) in [7, 11) is 0. The predicted octanol–water partition coefficient (Wildman–Crippen LogP) is 2.34. The van der Waals surface area contributed by atoms with Crippen LogP contribution in [0.1, 0.15) is 16.1 Å². The van der Waals surface area contributed by atoms with Crippen molar-refractivity contribution in [1.29, 1.82) is 0 Å². The molecule has 0 spiro atoms. The zero-order chi connectivity index (χ0) is 13.0. The van der Waals surface area contributed by atoms with E-state index in [4.69, 9.17) is 14.6 Å². The van der Waals surface area contributed by atoms with E-state index >= 15 is 0 Å². The van der Waals surface area contributed by atoms with Crippen LogP contribution >= 0.6 is 0 Å². The van der Waals surface area contributed by atoms with Crippen molar-refractivity contribution in [3.8, 4) is 5.75 Å². The third-order valence-corrected chi connectivity index (χ3v) is 2.47. The van der Waals surface area contributed by atoms with Crippen LogP contribution < -0.4 is 5.32 Å². The molecule has 0 radical (unpaired) electrons. The van der Waals surface area contributed by atoms with Crippen molar-refractivity contribution in [3.63, 3.8) is 0 Å². The van der Waals surface area contributed by atoms with E-state index in [1.54, 1.807) is 18.2 Å². The summed E-state index contributed by atoms with van der Waals surface area (Å²) >= 11 is 0. The normalized spacial score (nSPS) is 10.2. The maximum absolute atomic E-state index is 10.6. The second-order valence-corrected chi connectivity index (χ2v) is 3.81. The van der Waals surface area contributed by atoms with Gasteiger partial charge in [-0.2, -0.15) is 0 Å². The Labute approximate surface area is 104 Å². The van der Waals surface area contributed by atoms with Crippen LogP contribution in [-0.2, 0) is 6.42 Å². The number of aromatic hydroxyl groups is 1. The molecule has 0 atom stereocenters. The van der Waals surface area contributed by atoms with Gasteiger partial charge >= 0.3 is 5.97 Å². The lowest BCUT2D eigenvalue weighted by Gasteiger charge is -2.03. The number of anilines is 1. The molecule has 0 bridgehead atoms. The molecule has 0 saturated carbocycles. The number of phenolic OH excluding ortho intramolecular Hbond substituents is 1. The summed E-state index contributed by atoms with van der Waals surface area (Å²) in [5.41, 5.74) is 1.07. The average molecular weight is 247 g/mol. The Hall–Kier alpha value is -2.43. The molecule has 0 aliphatic carbocycles. The van der Waals surface area contributed by atoms with Gasteiger partial charge in [0.2, 0.25) is 5.76 Å². The molecule has 0 aliphatic heterocycles. The summed E-state index contributed by atoms with van der Waals surface area (Å²) in [5.74, 6) is -0.487. The number of rotatable bonds is 5. The van der Waals surface area contributed by atoms with Crippen LogP contribution in [0.25, 0.3) is 0 Å². The van der Waals surface area contributed by atoms with Gasteiger partial charge in [-0.15, -0.1) is 0 Å². The maximum Gasteiger partial charge on any atom is 0.371 e. The molecule has 0 saturated heterocycles. The van der Waals surface area contributed by atoms with E-state index < -0.39 is 5.97 Å². The fourth-order valence-electron chi connectivity index (χ4n) is 1.54. The number of aromatic carboxylic acids is 1. The second-order valence-electron chi connectivity index (χ2n) is 3.81. The molecule has 0 unspecified atom stereocenters. The SMILES string of the molecule is O=C(O)c1ccc(NCCc2ccc(O)cc2)o1. The number of phenols is 1. The molecule has 3 N–H and O–H groups in total. The summed E-state index contributed by atoms with van der Waals surface area (Å²) in [4.78, 5) is 10.6. The number of carboxylic acids is 1. The molecule has 1 heterocycles. The fourth-order valence-corrected chi connectivity index (χ4v) is 1.54. The highest BCUT2D eigenvalue weighted by Crippen LogP contribution is 2.14. The van der Waals surface area contributed by atoms with Crippen LogP contribution in [0.2, 0.25) is 0 Å². The number of hydrogen-bond donors (Lipinski definition) is 3. The summed E-state index contributed by atoms with van der Waals surface area (Å²) in [6, 6.07) is 9.92. The Kier molecular flexibility index (Phi) is 3.52. The number of benzene rings is 1. The number of hydrogen-bond acceptors (Lipinski definition) is 4. The van der Waals surface area contributed by atoms with Crippen molar-refractivity contribution in [2.45, 2.75) is 6.42 Å². The topological polar surface area (TPSA) is 82.7 Å². The summed E-state index contributed by atoms with van der Waals surface area (Å²) in [6.45, 7) is 0.622. The quantitative estimate of drug-likeness (QED) is 0.755. The first-order valence-corrected chi connectivity index (χ1v) is 5.50. The summed E-state index contributed by atoms with van der Waals surface area (Å²) < 4.78 is 5.05. The van der Waals surface area contributed by atoms with Gasteiger partial charge in [0.25, 0.3) is 0 Å². The second kappa shape index (κ2) is 5.27. The lowest BCUT2D eigenvalue weighted by atomic mass is 10.1. The number of carbonyl (C=O) groups is 1. The largest absolute Gasteiger partial charge is 0.508 e. The van der Waals surface area contributed by atoms with Crippen molar-refractivity contribution < 1.29 is 19.4 Å². The van der Waals surface area contributed by atoms with Crippen LogP contribution in [0.5, 0.6) is 5.75 Å². The molecule has 2 aromatic rings. The van der Waals surface area contributed by atoms with Crippen LogP contribution in [-0.4, -0.2) is 22.7 Å². The first kappa shape index (κ1) is 12.0. The van der Waals surface area contributed by atoms with Crippen molar-refractivity contribution in [2.24, 2.45) is 0 Å². The Bertz CT molecular complexity index is 530. The highest BCUT2D eigenvalue weighted by Gasteiger charge is 2.07. The lowest BCUT2D eigenvalue weighted by molar-refractivity contribution is 0.0663. The van der Waals surface area contributed by atoms with E-state index in [1.807, 2.05) is 12.1 Å². The van der Waals surface area contributed by atoms with E-state index in [9.17, 15) is 4.79 Å². The van der Waals surface area contributed by atoms with Crippen LogP contribution in [0.3, 0.4) is 0 Å². The van der Waals surface area contributed by atoms with Gasteiger partial charge in [-0.25, -0.2) is 4.79 Å². The Morgan fingerprint density at radius 2 is 1.89 bits per heavy atom. The van der Waals surface area contributed by atoms with Gasteiger partial charge in [0.15, 0.2) is 5.88 Å². The van der Waals surface area contributed by atoms with Crippen LogP contribution in [0.15, 0.2) is 40.8 Å². The molecular weight excluding hydrogens is 234 g/mol. The van der Waals surface area contributed by atoms with Crippen molar-refractivity contribution in [1.82, 2.24) is 0 Å². The van der Waals surface area contributed by atoms with Gasteiger partial charge in [-0.1, -0.05) is 12.1 Å². The highest BCUT2D eigenvalue weighted by atomic mass is 16.4. The number of furan rings is 1. The third-order valence-electron chi connectivity index (χ3n) is 2.47. The first-order valence-electron chi connectivity index (χ1n) is 5.50. The van der Waals surface area contributed by atoms with Gasteiger partial charge in [0.1, 0.15) is 5.75 Å². The fraction of sp³-hybridized carbons (Fsp3) is 0.154. The van der Waals surface area contributed by atoms with Crippen LogP contribution in [0.4, 0.5) is 5.88 Å². The minimum Gasteiger partial charge on any atom is -0.508 e. The minimum atomic E-state index is -1.08. The van der Waals surface area contributed by atoms with Gasteiger partial charge in [-0.05, 0) is 30.2 Å². The molecule has 5 nitrogen and oxygen atoms in total. The van der Waals surface area contributed by atoms with Gasteiger partial charge in [0, 0.05) is 12.6 Å². The zero-order valence-electron chi connectivity index (χ0n) is 9.59. The van der Waals surface area contributed by atoms with E-state index in [0.29, 0.717) is 12.4 Å². The molecule has 0 fully saturated rings. The Morgan fingerprint density at radius 1 is 1.17 bits per heavy atom. The molecule has 5 heteroatoms. The van der Waals surface area contributed by atoms with Gasteiger partial charge in [0.05, 0.1) is 0 Å². The standard InChI is InChI=1S/C13H13NO4/c15-10-3-1-9(2-4-10)7-8-14-12-6-5-11(18-12)13(16)17/h1-6,14-15H,7-8H2,(H,16,17). The van der Waals surface area contributed by atoms with Gasteiger partial charge in [-0.3, -0.25) is 0 Å². The monoisotopic (exact) mass is 247 g/mol. The third kappa shape index (κ3) is 3.04. The molecule has 2 rings (SSSR count). The average Bonchev–Trinajstić information content (AvgIpc) is 2.81. The number of carboxylic acid groups (broad SMARTS) is 1. The first-order chi connectivity index (χ1) is 8.65. The summed E-state index contributed by atoms with van der Waals surface area (Å²) in [5, 5.41) is 20.8. The van der Waals surface area contributed by atoms with E-state index in [1.165, 1.54) is 6.07 Å². The van der Waals surface area contributed by atoms with E-state index in [-0.39, 0.29) is 11.5 Å². The zero-order valence-corrected chi connectivity index (χ0v) is 9.59. The van der Waals surface area contributed by atoms with E-state index in [2.05, 4.69) is 5.32 Å². The number of nitrogens with one attached hydrogen (secondary N) is 1. The molecule has 94 valence electrons. The molecule has 1 aromatic heterocycles. The minimum absolute atomic E-state index is 0.0814. The Balaban J connectivity index is 1.84. The van der Waals surface area contributed by atoms with Gasteiger partial charge < -0.3 is 19.9 Å². The highest BCUT2D eigenvalue weighted by molar-refractivity contribution is 5.84. The molecule has 1 aromatic carbocycles. The van der Waals surface area contributed by atoms with Crippen molar-refractivity contribution >= 4 is 11.9 Å². The smallest absolute Gasteiger partial charge is 0.371 e.